The molecule has 0 saturated carbocycles. The van der Waals surface area contributed by atoms with E-state index in [4.69, 9.17) is 0 Å². The molecule has 16 heavy (non-hydrogen) atoms. The summed E-state index contributed by atoms with van der Waals surface area (Å²) in [6.07, 6.45) is 0.272. The van der Waals surface area contributed by atoms with Gasteiger partial charge in [-0.3, -0.25) is 4.79 Å². The zero-order valence-electron chi connectivity index (χ0n) is 8.47. The molecule has 0 unspecified atom stereocenters. The molecular weight excluding hydrogens is 216 g/mol. The van der Waals surface area contributed by atoms with Crippen LogP contribution >= 0.6 is 0 Å². The lowest BCUT2D eigenvalue weighted by Gasteiger charge is -2.06. The van der Waals surface area contributed by atoms with E-state index in [1.807, 2.05) is 0 Å². The number of nitrogens with one attached hydrogen (secondary N) is 1. The Morgan fingerprint density at radius 3 is 2.69 bits per heavy atom. The molecule has 2 N–H and O–H groups in total. The summed E-state index contributed by atoms with van der Waals surface area (Å²) in [5.41, 5.74) is -0.479. The molecule has 2 aromatic rings. The predicted octanol–water partition coefficient (Wildman–Crippen LogP) is 2.07. The molecule has 1 heterocycles. The molecule has 0 bridgehead atoms. The maximum absolute atomic E-state index is 13.4. The number of rotatable bonds is 1. The van der Waals surface area contributed by atoms with Crippen LogP contribution < -0.4 is 5.56 Å². The van der Waals surface area contributed by atoms with Crippen molar-refractivity contribution in [3.05, 3.63) is 39.7 Å². The maximum Gasteiger partial charge on any atom is 0.255 e. The summed E-state index contributed by atoms with van der Waals surface area (Å²) in [5.74, 6) is -2.11. The predicted molar refractivity (Wildman–Crippen MR) is 55.5 cm³/mol. The Balaban J connectivity index is 2.99. The van der Waals surface area contributed by atoms with E-state index in [1.165, 1.54) is 0 Å². The standard InChI is InChI=1S/C11H9F2NO2/c1-2-6-10(15)9-7(13)3-5(12)4-8(9)14-11(6)16/h3-4H,2H2,1H3,(H2,14,15,16). The van der Waals surface area contributed by atoms with E-state index in [-0.39, 0.29) is 22.9 Å². The molecule has 0 atom stereocenters. The van der Waals surface area contributed by atoms with E-state index in [0.29, 0.717) is 6.07 Å². The fourth-order valence-corrected chi connectivity index (χ4v) is 1.70. The second-order valence-corrected chi connectivity index (χ2v) is 3.45. The van der Waals surface area contributed by atoms with E-state index in [9.17, 15) is 18.7 Å². The van der Waals surface area contributed by atoms with E-state index in [2.05, 4.69) is 4.98 Å². The summed E-state index contributed by atoms with van der Waals surface area (Å²) in [6, 6.07) is 1.64. The van der Waals surface area contributed by atoms with Crippen LogP contribution in [0, 0.1) is 11.6 Å². The van der Waals surface area contributed by atoms with Crippen molar-refractivity contribution in [2.45, 2.75) is 13.3 Å². The molecule has 1 aromatic carbocycles. The van der Waals surface area contributed by atoms with Crippen LogP contribution in [0.5, 0.6) is 5.75 Å². The number of pyridine rings is 1. The van der Waals surface area contributed by atoms with Gasteiger partial charge < -0.3 is 10.1 Å². The molecule has 0 radical (unpaired) electrons. The maximum atomic E-state index is 13.4. The van der Waals surface area contributed by atoms with Gasteiger partial charge in [0.05, 0.1) is 16.5 Å². The zero-order valence-corrected chi connectivity index (χ0v) is 8.47. The SMILES string of the molecule is CCc1c(O)c2c(F)cc(F)cc2[nH]c1=O. The molecule has 0 aliphatic rings. The molecule has 2 rings (SSSR count). The normalized spacial score (nSPS) is 10.9. The topological polar surface area (TPSA) is 53.1 Å². The molecule has 3 nitrogen and oxygen atoms in total. The molecule has 0 amide bonds. The van der Waals surface area contributed by atoms with E-state index < -0.39 is 22.9 Å². The van der Waals surface area contributed by atoms with Crippen molar-refractivity contribution >= 4 is 10.9 Å². The highest BCUT2D eigenvalue weighted by atomic mass is 19.1. The Labute approximate surface area is 89.3 Å². The van der Waals surface area contributed by atoms with Crippen molar-refractivity contribution in [1.29, 1.82) is 0 Å². The second kappa shape index (κ2) is 3.59. The van der Waals surface area contributed by atoms with Gasteiger partial charge in [-0.15, -0.1) is 0 Å². The van der Waals surface area contributed by atoms with Gasteiger partial charge in [0.1, 0.15) is 17.4 Å². The summed E-state index contributed by atoms with van der Waals surface area (Å²) < 4.78 is 26.3. The molecule has 0 saturated heterocycles. The molecule has 0 spiro atoms. The highest BCUT2D eigenvalue weighted by Crippen LogP contribution is 2.28. The van der Waals surface area contributed by atoms with Crippen molar-refractivity contribution in [3.8, 4) is 5.75 Å². The summed E-state index contributed by atoms with van der Waals surface area (Å²) >= 11 is 0. The van der Waals surface area contributed by atoms with Crippen molar-refractivity contribution < 1.29 is 13.9 Å². The van der Waals surface area contributed by atoms with Crippen molar-refractivity contribution in [3.63, 3.8) is 0 Å². The minimum atomic E-state index is -0.890. The smallest absolute Gasteiger partial charge is 0.255 e. The van der Waals surface area contributed by atoms with Crippen LogP contribution in [0.15, 0.2) is 16.9 Å². The molecule has 5 heteroatoms. The van der Waals surface area contributed by atoms with E-state index in [1.54, 1.807) is 6.92 Å². The largest absolute Gasteiger partial charge is 0.507 e. The highest BCUT2D eigenvalue weighted by Gasteiger charge is 2.14. The summed E-state index contributed by atoms with van der Waals surface area (Å²) in [4.78, 5) is 13.8. The fourth-order valence-electron chi connectivity index (χ4n) is 1.70. The van der Waals surface area contributed by atoms with Crippen LogP contribution in [0.3, 0.4) is 0 Å². The van der Waals surface area contributed by atoms with Gasteiger partial charge >= 0.3 is 0 Å². The van der Waals surface area contributed by atoms with Crippen LogP contribution in [0.2, 0.25) is 0 Å². The van der Waals surface area contributed by atoms with Crippen LogP contribution in [0.4, 0.5) is 8.78 Å². The molecule has 0 aliphatic carbocycles. The molecule has 84 valence electrons. The lowest BCUT2D eigenvalue weighted by molar-refractivity contribution is 0.470. The number of benzene rings is 1. The first-order valence-electron chi connectivity index (χ1n) is 4.77. The fraction of sp³-hybridized carbons (Fsp3) is 0.182. The minimum Gasteiger partial charge on any atom is -0.507 e. The molecule has 1 aromatic heterocycles. The first-order valence-corrected chi connectivity index (χ1v) is 4.77. The van der Waals surface area contributed by atoms with Crippen molar-refractivity contribution in [2.75, 3.05) is 0 Å². The Morgan fingerprint density at radius 1 is 1.38 bits per heavy atom. The number of aromatic amines is 1. The van der Waals surface area contributed by atoms with Gasteiger partial charge in [0, 0.05) is 6.07 Å². The summed E-state index contributed by atoms with van der Waals surface area (Å²) in [5, 5.41) is 9.56. The monoisotopic (exact) mass is 225 g/mol. The lowest BCUT2D eigenvalue weighted by atomic mass is 10.1. The van der Waals surface area contributed by atoms with Gasteiger partial charge in [0.15, 0.2) is 0 Å². The summed E-state index contributed by atoms with van der Waals surface area (Å²) in [7, 11) is 0. The Kier molecular flexibility index (Phi) is 2.38. The van der Waals surface area contributed by atoms with Gasteiger partial charge in [-0.25, -0.2) is 8.78 Å². The Morgan fingerprint density at radius 2 is 2.06 bits per heavy atom. The van der Waals surface area contributed by atoms with E-state index in [0.717, 1.165) is 6.07 Å². The number of hydrogen-bond donors (Lipinski definition) is 2. The third-order valence-corrected chi connectivity index (χ3v) is 2.45. The summed E-state index contributed by atoms with van der Waals surface area (Å²) in [6.45, 7) is 1.66. The average molecular weight is 225 g/mol. The van der Waals surface area contributed by atoms with Crippen molar-refractivity contribution in [2.24, 2.45) is 0 Å². The van der Waals surface area contributed by atoms with Gasteiger partial charge in [0.2, 0.25) is 0 Å². The van der Waals surface area contributed by atoms with Crippen LogP contribution in [-0.2, 0) is 6.42 Å². The van der Waals surface area contributed by atoms with Crippen LogP contribution in [0.1, 0.15) is 12.5 Å². The van der Waals surface area contributed by atoms with Gasteiger partial charge in [-0.2, -0.15) is 0 Å². The van der Waals surface area contributed by atoms with E-state index >= 15 is 0 Å². The zero-order chi connectivity index (χ0) is 11.9. The molecule has 0 aliphatic heterocycles. The first-order chi connectivity index (χ1) is 7.54. The van der Waals surface area contributed by atoms with Crippen LogP contribution in [-0.4, -0.2) is 10.1 Å². The van der Waals surface area contributed by atoms with Gasteiger partial charge in [0.25, 0.3) is 5.56 Å². The quantitative estimate of drug-likeness (QED) is 0.780. The van der Waals surface area contributed by atoms with Crippen LogP contribution in [0.25, 0.3) is 10.9 Å². The molecular formula is C11H9F2NO2. The number of aromatic hydroxyl groups is 1. The second-order valence-electron chi connectivity index (χ2n) is 3.45. The van der Waals surface area contributed by atoms with Gasteiger partial charge in [-0.05, 0) is 12.5 Å². The highest BCUT2D eigenvalue weighted by molar-refractivity contribution is 5.86. The minimum absolute atomic E-state index is 0.0443. The Hall–Kier alpha value is -1.91. The third-order valence-electron chi connectivity index (χ3n) is 2.45. The number of aromatic nitrogens is 1. The van der Waals surface area contributed by atoms with Crippen molar-refractivity contribution in [1.82, 2.24) is 4.98 Å². The third kappa shape index (κ3) is 1.44. The number of halogens is 2. The number of hydrogen-bond acceptors (Lipinski definition) is 2. The Bertz CT molecular complexity index is 619. The molecule has 0 fully saturated rings. The lowest BCUT2D eigenvalue weighted by Crippen LogP contribution is -2.12. The number of fused-ring (bicyclic) bond motifs is 1. The van der Waals surface area contributed by atoms with Gasteiger partial charge in [-0.1, -0.05) is 6.92 Å². The average Bonchev–Trinajstić information content (AvgIpc) is 2.15. The number of H-pyrrole nitrogens is 1. The first kappa shape index (κ1) is 10.6.